The second kappa shape index (κ2) is 9.03. The van der Waals surface area contributed by atoms with Gasteiger partial charge in [0.2, 0.25) is 10.0 Å². The number of aromatic nitrogens is 2. The standard InChI is InChI=1S/C23H27N3O4S/c1-5-25(6-2)31(29,30)20-12-13-23(28)24(15-20)16-22(27)21-14-17(3)26(18(21)4)19-10-8-7-9-11-19/h7-15H,5-6,16H2,1-4H3. The topological polar surface area (TPSA) is 81.4 Å². The molecular formula is C23H27N3O4S. The molecule has 3 rings (SSSR count). The number of carbonyl (C=O) groups is 1. The van der Waals surface area contributed by atoms with Crippen LogP contribution in [0.25, 0.3) is 5.69 Å². The van der Waals surface area contributed by atoms with Crippen LogP contribution in [0.15, 0.2) is 64.4 Å². The van der Waals surface area contributed by atoms with Crippen molar-refractivity contribution in [1.29, 1.82) is 0 Å². The van der Waals surface area contributed by atoms with Crippen molar-refractivity contribution < 1.29 is 13.2 Å². The van der Waals surface area contributed by atoms with E-state index in [2.05, 4.69) is 0 Å². The smallest absolute Gasteiger partial charge is 0.251 e. The molecule has 2 heterocycles. The number of pyridine rings is 1. The third kappa shape index (κ3) is 4.40. The molecule has 0 N–H and O–H groups in total. The van der Waals surface area contributed by atoms with E-state index in [0.717, 1.165) is 21.6 Å². The van der Waals surface area contributed by atoms with Gasteiger partial charge in [-0.05, 0) is 38.1 Å². The largest absolute Gasteiger partial charge is 0.318 e. The Hall–Kier alpha value is -2.97. The van der Waals surface area contributed by atoms with Crippen LogP contribution < -0.4 is 5.56 Å². The van der Waals surface area contributed by atoms with E-state index in [1.165, 1.54) is 22.6 Å². The van der Waals surface area contributed by atoms with Crippen LogP contribution in [0.2, 0.25) is 0 Å². The van der Waals surface area contributed by atoms with E-state index in [1.807, 2.05) is 48.7 Å². The molecular weight excluding hydrogens is 414 g/mol. The summed E-state index contributed by atoms with van der Waals surface area (Å²) in [5, 5.41) is 0. The fourth-order valence-corrected chi connectivity index (χ4v) is 5.24. The number of rotatable bonds is 8. The van der Waals surface area contributed by atoms with E-state index in [9.17, 15) is 18.0 Å². The highest BCUT2D eigenvalue weighted by Gasteiger charge is 2.23. The molecule has 7 nitrogen and oxygen atoms in total. The van der Waals surface area contributed by atoms with Crippen molar-refractivity contribution in [2.24, 2.45) is 0 Å². The molecule has 0 saturated heterocycles. The minimum atomic E-state index is -3.73. The molecule has 0 saturated carbocycles. The van der Waals surface area contributed by atoms with Gasteiger partial charge in [-0.2, -0.15) is 4.31 Å². The van der Waals surface area contributed by atoms with E-state index < -0.39 is 15.6 Å². The number of benzene rings is 1. The molecule has 164 valence electrons. The monoisotopic (exact) mass is 441 g/mol. The van der Waals surface area contributed by atoms with E-state index in [1.54, 1.807) is 19.9 Å². The lowest BCUT2D eigenvalue weighted by atomic mass is 10.1. The fraction of sp³-hybridized carbons (Fsp3) is 0.304. The highest BCUT2D eigenvalue weighted by atomic mass is 32.2. The Bertz CT molecular complexity index is 1250. The number of ketones is 1. The SMILES string of the molecule is CCN(CC)S(=O)(=O)c1ccc(=O)n(CC(=O)c2cc(C)n(-c3ccccc3)c2C)c1. The molecule has 0 amide bonds. The average Bonchev–Trinajstić information content (AvgIpc) is 3.05. The first-order valence-corrected chi connectivity index (χ1v) is 11.6. The van der Waals surface area contributed by atoms with Gasteiger partial charge < -0.3 is 9.13 Å². The first-order chi connectivity index (χ1) is 14.7. The van der Waals surface area contributed by atoms with Crippen molar-refractivity contribution in [3.8, 4) is 5.69 Å². The molecule has 3 aromatic rings. The maximum absolute atomic E-state index is 13.1. The Morgan fingerprint density at radius 3 is 2.26 bits per heavy atom. The van der Waals surface area contributed by atoms with Crippen LogP contribution in [0, 0.1) is 13.8 Å². The summed E-state index contributed by atoms with van der Waals surface area (Å²) in [5.41, 5.74) is 2.70. The summed E-state index contributed by atoms with van der Waals surface area (Å²) in [7, 11) is -3.73. The molecule has 1 aromatic carbocycles. The van der Waals surface area contributed by atoms with Crippen molar-refractivity contribution in [2.75, 3.05) is 13.1 Å². The number of aryl methyl sites for hydroxylation is 1. The quantitative estimate of drug-likeness (QED) is 0.503. The zero-order valence-electron chi connectivity index (χ0n) is 18.2. The summed E-state index contributed by atoms with van der Waals surface area (Å²) in [5.74, 6) is -0.255. The van der Waals surface area contributed by atoms with Crippen molar-refractivity contribution in [1.82, 2.24) is 13.4 Å². The molecule has 2 aromatic heterocycles. The van der Waals surface area contributed by atoms with E-state index >= 15 is 0 Å². The van der Waals surface area contributed by atoms with Gasteiger partial charge in [-0.3, -0.25) is 9.59 Å². The minimum absolute atomic E-state index is 0.00152. The van der Waals surface area contributed by atoms with Crippen LogP contribution in [-0.4, -0.2) is 40.7 Å². The lowest BCUT2D eigenvalue weighted by molar-refractivity contribution is 0.0970. The molecule has 31 heavy (non-hydrogen) atoms. The minimum Gasteiger partial charge on any atom is -0.318 e. The molecule has 0 spiro atoms. The zero-order valence-corrected chi connectivity index (χ0v) is 19.0. The van der Waals surface area contributed by atoms with E-state index in [4.69, 9.17) is 0 Å². The summed E-state index contributed by atoms with van der Waals surface area (Å²) in [6.07, 6.45) is 1.25. The number of nitrogens with zero attached hydrogens (tertiary/aromatic N) is 3. The fourth-order valence-electron chi connectivity index (χ4n) is 3.76. The van der Waals surface area contributed by atoms with Crippen LogP contribution in [-0.2, 0) is 16.6 Å². The zero-order chi connectivity index (χ0) is 22.8. The Morgan fingerprint density at radius 1 is 1.00 bits per heavy atom. The number of hydrogen-bond donors (Lipinski definition) is 0. The van der Waals surface area contributed by atoms with Gasteiger partial charge in [0.1, 0.15) is 0 Å². The maximum Gasteiger partial charge on any atom is 0.251 e. The van der Waals surface area contributed by atoms with Crippen LogP contribution in [0.4, 0.5) is 0 Å². The predicted molar refractivity (Wildman–Crippen MR) is 120 cm³/mol. The van der Waals surface area contributed by atoms with Gasteiger partial charge in [-0.1, -0.05) is 32.0 Å². The lowest BCUT2D eigenvalue weighted by Crippen LogP contribution is -2.32. The first kappa shape index (κ1) is 22.7. The average molecular weight is 442 g/mol. The summed E-state index contributed by atoms with van der Waals surface area (Å²) in [6, 6.07) is 14.0. The predicted octanol–water partition coefficient (Wildman–Crippen LogP) is 3.17. The van der Waals surface area contributed by atoms with Gasteiger partial charge in [0.05, 0.1) is 11.4 Å². The van der Waals surface area contributed by atoms with Crippen LogP contribution in [0.1, 0.15) is 35.6 Å². The number of Topliss-reactive ketones (excluding diaryl/α,β-unsaturated/α-hetero) is 1. The van der Waals surface area contributed by atoms with Gasteiger partial charge in [0.15, 0.2) is 5.78 Å². The van der Waals surface area contributed by atoms with Crippen molar-refractivity contribution in [2.45, 2.75) is 39.1 Å². The molecule has 0 aliphatic rings. The molecule has 0 atom stereocenters. The third-order valence-electron chi connectivity index (χ3n) is 5.36. The van der Waals surface area contributed by atoms with Gasteiger partial charge in [0, 0.05) is 48.0 Å². The van der Waals surface area contributed by atoms with Gasteiger partial charge in [-0.15, -0.1) is 0 Å². The second-order valence-corrected chi connectivity index (χ2v) is 9.24. The Kier molecular flexibility index (Phi) is 6.62. The van der Waals surface area contributed by atoms with Crippen LogP contribution >= 0.6 is 0 Å². The van der Waals surface area contributed by atoms with Gasteiger partial charge in [0.25, 0.3) is 5.56 Å². The van der Waals surface area contributed by atoms with Crippen molar-refractivity contribution >= 4 is 15.8 Å². The van der Waals surface area contributed by atoms with Crippen LogP contribution in [0.3, 0.4) is 0 Å². The van der Waals surface area contributed by atoms with Crippen molar-refractivity contribution in [3.63, 3.8) is 0 Å². The highest BCUT2D eigenvalue weighted by Crippen LogP contribution is 2.21. The summed E-state index contributed by atoms with van der Waals surface area (Å²) >= 11 is 0. The second-order valence-electron chi connectivity index (χ2n) is 7.30. The highest BCUT2D eigenvalue weighted by molar-refractivity contribution is 7.89. The van der Waals surface area contributed by atoms with Crippen LogP contribution in [0.5, 0.6) is 0 Å². The molecule has 0 fully saturated rings. The van der Waals surface area contributed by atoms with Crippen molar-refractivity contribution in [3.05, 3.63) is 82.0 Å². The molecule has 0 unspecified atom stereocenters. The summed E-state index contributed by atoms with van der Waals surface area (Å²) in [6.45, 7) is 7.69. The lowest BCUT2D eigenvalue weighted by Gasteiger charge is -2.19. The van der Waals surface area contributed by atoms with Gasteiger partial charge >= 0.3 is 0 Å². The first-order valence-electron chi connectivity index (χ1n) is 10.2. The Morgan fingerprint density at radius 2 is 1.65 bits per heavy atom. The molecule has 0 aliphatic heterocycles. The number of carbonyl (C=O) groups excluding carboxylic acids is 1. The Balaban J connectivity index is 1.96. The maximum atomic E-state index is 13.1. The molecule has 0 radical (unpaired) electrons. The number of hydrogen-bond acceptors (Lipinski definition) is 4. The van der Waals surface area contributed by atoms with Gasteiger partial charge in [-0.25, -0.2) is 8.42 Å². The summed E-state index contributed by atoms with van der Waals surface area (Å²) < 4.78 is 30.0. The Labute approximate surface area is 182 Å². The molecule has 8 heteroatoms. The van der Waals surface area contributed by atoms with E-state index in [0.29, 0.717) is 18.7 Å². The third-order valence-corrected chi connectivity index (χ3v) is 7.39. The molecule has 0 aliphatic carbocycles. The number of para-hydroxylation sites is 1. The molecule has 0 bridgehead atoms. The number of sulfonamides is 1. The summed E-state index contributed by atoms with van der Waals surface area (Å²) in [4.78, 5) is 25.4. The normalized spacial score (nSPS) is 11.8. The van der Waals surface area contributed by atoms with E-state index in [-0.39, 0.29) is 17.2 Å².